The molecule has 0 atom stereocenters. The molecular formula is C24H24N2O4. The Bertz CT molecular complexity index is 916. The van der Waals surface area contributed by atoms with Crippen molar-refractivity contribution in [3.63, 3.8) is 0 Å². The Balaban J connectivity index is 1.52. The van der Waals surface area contributed by atoms with E-state index >= 15 is 0 Å². The van der Waals surface area contributed by atoms with Gasteiger partial charge in [-0.05, 0) is 50.2 Å². The molecule has 0 saturated heterocycles. The SMILES string of the molecule is Cc1ccc(OCC(=O)Nc2ccccc2NC(=O)COc2ccc(C)cc2)cc1. The second kappa shape index (κ2) is 10.1. The zero-order valence-corrected chi connectivity index (χ0v) is 17.0. The van der Waals surface area contributed by atoms with E-state index < -0.39 is 0 Å². The molecule has 2 N–H and O–H groups in total. The minimum Gasteiger partial charge on any atom is -0.484 e. The number of benzene rings is 3. The second-order valence-corrected chi connectivity index (χ2v) is 6.85. The summed E-state index contributed by atoms with van der Waals surface area (Å²) in [5.74, 6) is 0.581. The molecule has 0 unspecified atom stereocenters. The summed E-state index contributed by atoms with van der Waals surface area (Å²) in [5.41, 5.74) is 3.20. The van der Waals surface area contributed by atoms with Crippen LogP contribution in [0.4, 0.5) is 11.4 Å². The maximum Gasteiger partial charge on any atom is 0.262 e. The first kappa shape index (κ1) is 20.9. The van der Waals surface area contributed by atoms with E-state index in [2.05, 4.69) is 10.6 Å². The van der Waals surface area contributed by atoms with Crippen LogP contribution in [0.5, 0.6) is 11.5 Å². The topological polar surface area (TPSA) is 76.7 Å². The Morgan fingerprint density at radius 3 is 1.37 bits per heavy atom. The minimum atomic E-state index is -0.326. The lowest BCUT2D eigenvalue weighted by Crippen LogP contribution is -2.23. The number of carbonyl (C=O) groups excluding carboxylic acids is 2. The summed E-state index contributed by atoms with van der Waals surface area (Å²) in [4.78, 5) is 24.5. The molecule has 0 aliphatic heterocycles. The summed E-state index contributed by atoms with van der Waals surface area (Å²) in [5, 5.41) is 5.52. The highest BCUT2D eigenvalue weighted by molar-refractivity contribution is 6.00. The van der Waals surface area contributed by atoms with Crippen molar-refractivity contribution in [3.05, 3.63) is 83.9 Å². The van der Waals surface area contributed by atoms with E-state index in [4.69, 9.17) is 9.47 Å². The standard InChI is InChI=1S/C24H24N2O4/c1-17-7-11-19(12-8-17)29-15-23(27)25-21-5-3-4-6-22(21)26-24(28)16-30-20-13-9-18(2)10-14-20/h3-14H,15-16H2,1-2H3,(H,25,27)(H,26,28). The highest BCUT2D eigenvalue weighted by atomic mass is 16.5. The molecule has 6 heteroatoms. The van der Waals surface area contributed by atoms with Crippen LogP contribution in [-0.2, 0) is 9.59 Å². The van der Waals surface area contributed by atoms with Crippen molar-refractivity contribution < 1.29 is 19.1 Å². The molecule has 0 fully saturated rings. The first-order valence-electron chi connectivity index (χ1n) is 9.57. The monoisotopic (exact) mass is 404 g/mol. The summed E-state index contributed by atoms with van der Waals surface area (Å²) in [6, 6.07) is 21.9. The maximum absolute atomic E-state index is 12.3. The summed E-state index contributed by atoms with van der Waals surface area (Å²) in [7, 11) is 0. The van der Waals surface area contributed by atoms with Gasteiger partial charge >= 0.3 is 0 Å². The molecule has 0 bridgehead atoms. The fourth-order valence-corrected chi connectivity index (χ4v) is 2.64. The number of ether oxygens (including phenoxy) is 2. The van der Waals surface area contributed by atoms with Crippen LogP contribution in [-0.4, -0.2) is 25.0 Å². The van der Waals surface area contributed by atoms with Gasteiger partial charge in [0.15, 0.2) is 13.2 Å². The summed E-state index contributed by atoms with van der Waals surface area (Å²) in [6.07, 6.45) is 0. The minimum absolute atomic E-state index is 0.137. The van der Waals surface area contributed by atoms with Gasteiger partial charge in [-0.15, -0.1) is 0 Å². The normalized spacial score (nSPS) is 10.2. The van der Waals surface area contributed by atoms with E-state index in [1.807, 2.05) is 62.4 Å². The number of rotatable bonds is 8. The second-order valence-electron chi connectivity index (χ2n) is 6.85. The van der Waals surface area contributed by atoms with Crippen molar-refractivity contribution in [2.75, 3.05) is 23.8 Å². The molecule has 154 valence electrons. The van der Waals surface area contributed by atoms with Gasteiger partial charge in [-0.1, -0.05) is 47.5 Å². The fraction of sp³-hybridized carbons (Fsp3) is 0.167. The number of nitrogens with one attached hydrogen (secondary N) is 2. The molecule has 0 heterocycles. The van der Waals surface area contributed by atoms with Crippen LogP contribution in [0.3, 0.4) is 0 Å². The smallest absolute Gasteiger partial charge is 0.262 e. The highest BCUT2D eigenvalue weighted by Gasteiger charge is 2.11. The van der Waals surface area contributed by atoms with Crippen LogP contribution >= 0.6 is 0 Å². The van der Waals surface area contributed by atoms with Gasteiger partial charge in [0.25, 0.3) is 11.8 Å². The third kappa shape index (κ3) is 6.38. The van der Waals surface area contributed by atoms with E-state index in [1.165, 1.54) is 0 Å². The van der Waals surface area contributed by atoms with Crippen LogP contribution in [0.15, 0.2) is 72.8 Å². The van der Waals surface area contributed by atoms with E-state index in [9.17, 15) is 9.59 Å². The molecule has 30 heavy (non-hydrogen) atoms. The Kier molecular flexibility index (Phi) is 7.05. The van der Waals surface area contributed by atoms with Crippen molar-refractivity contribution in [2.45, 2.75) is 13.8 Å². The molecular weight excluding hydrogens is 380 g/mol. The van der Waals surface area contributed by atoms with E-state index in [0.717, 1.165) is 11.1 Å². The predicted molar refractivity (Wildman–Crippen MR) is 117 cm³/mol. The Hall–Kier alpha value is -3.80. The number of carbonyl (C=O) groups is 2. The number of anilines is 2. The molecule has 0 saturated carbocycles. The quantitative estimate of drug-likeness (QED) is 0.586. The lowest BCUT2D eigenvalue weighted by molar-refractivity contribution is -0.119. The lowest BCUT2D eigenvalue weighted by Gasteiger charge is -2.13. The van der Waals surface area contributed by atoms with E-state index in [0.29, 0.717) is 22.9 Å². The summed E-state index contributed by atoms with van der Waals surface area (Å²) < 4.78 is 11.0. The molecule has 0 aliphatic rings. The maximum atomic E-state index is 12.3. The van der Waals surface area contributed by atoms with Crippen LogP contribution in [0.25, 0.3) is 0 Å². The molecule has 2 amide bonds. The van der Waals surface area contributed by atoms with Crippen molar-refractivity contribution >= 4 is 23.2 Å². The molecule has 0 aromatic heterocycles. The summed E-state index contributed by atoms with van der Waals surface area (Å²) >= 11 is 0. The molecule has 0 radical (unpaired) electrons. The molecule has 6 nitrogen and oxygen atoms in total. The van der Waals surface area contributed by atoms with E-state index in [-0.39, 0.29) is 25.0 Å². The van der Waals surface area contributed by atoms with Crippen LogP contribution in [0.1, 0.15) is 11.1 Å². The average Bonchev–Trinajstić information content (AvgIpc) is 2.74. The van der Waals surface area contributed by atoms with Crippen molar-refractivity contribution in [1.29, 1.82) is 0 Å². The number of aryl methyl sites for hydroxylation is 2. The van der Waals surface area contributed by atoms with Gasteiger partial charge in [-0.2, -0.15) is 0 Å². The number of amides is 2. The molecule has 0 spiro atoms. The van der Waals surface area contributed by atoms with Gasteiger partial charge in [0, 0.05) is 0 Å². The van der Waals surface area contributed by atoms with Crippen LogP contribution in [0.2, 0.25) is 0 Å². The Morgan fingerprint density at radius 1 is 0.633 bits per heavy atom. The van der Waals surface area contributed by atoms with Crippen molar-refractivity contribution in [3.8, 4) is 11.5 Å². The van der Waals surface area contributed by atoms with Gasteiger partial charge in [0.1, 0.15) is 11.5 Å². The summed E-state index contributed by atoms with van der Waals surface area (Å²) in [6.45, 7) is 3.69. The highest BCUT2D eigenvalue weighted by Crippen LogP contribution is 2.21. The number of hydrogen-bond donors (Lipinski definition) is 2. The first-order valence-corrected chi connectivity index (χ1v) is 9.57. The average molecular weight is 404 g/mol. The zero-order chi connectivity index (χ0) is 21.3. The zero-order valence-electron chi connectivity index (χ0n) is 17.0. The molecule has 0 aliphatic carbocycles. The fourth-order valence-electron chi connectivity index (χ4n) is 2.64. The van der Waals surface area contributed by atoms with Gasteiger partial charge in [0.05, 0.1) is 11.4 Å². The van der Waals surface area contributed by atoms with Crippen LogP contribution in [0, 0.1) is 13.8 Å². The third-order valence-corrected chi connectivity index (χ3v) is 4.26. The molecule has 3 aromatic rings. The lowest BCUT2D eigenvalue weighted by atomic mass is 10.2. The first-order chi connectivity index (χ1) is 14.5. The Morgan fingerprint density at radius 2 is 1.00 bits per heavy atom. The van der Waals surface area contributed by atoms with Crippen molar-refractivity contribution in [2.24, 2.45) is 0 Å². The largest absolute Gasteiger partial charge is 0.484 e. The van der Waals surface area contributed by atoms with Gasteiger partial charge in [-0.25, -0.2) is 0 Å². The Labute approximate surface area is 175 Å². The van der Waals surface area contributed by atoms with Crippen LogP contribution < -0.4 is 20.1 Å². The van der Waals surface area contributed by atoms with Gasteiger partial charge in [0.2, 0.25) is 0 Å². The van der Waals surface area contributed by atoms with E-state index in [1.54, 1.807) is 24.3 Å². The van der Waals surface area contributed by atoms with Crippen molar-refractivity contribution in [1.82, 2.24) is 0 Å². The van der Waals surface area contributed by atoms with Gasteiger partial charge in [-0.3, -0.25) is 9.59 Å². The molecule has 3 rings (SSSR count). The van der Waals surface area contributed by atoms with Gasteiger partial charge < -0.3 is 20.1 Å². The molecule has 3 aromatic carbocycles. The number of para-hydroxylation sites is 2. The number of hydrogen-bond acceptors (Lipinski definition) is 4. The third-order valence-electron chi connectivity index (χ3n) is 4.26. The predicted octanol–water partition coefficient (Wildman–Crippen LogP) is 4.34.